The predicted octanol–water partition coefficient (Wildman–Crippen LogP) is 1.53. The van der Waals surface area contributed by atoms with Crippen LogP contribution in [0.25, 0.3) is 12.2 Å². The van der Waals surface area contributed by atoms with Crippen molar-refractivity contribution in [3.05, 3.63) is 59.7 Å². The van der Waals surface area contributed by atoms with E-state index in [4.69, 9.17) is 4.74 Å². The number of esters is 2. The first-order chi connectivity index (χ1) is 16.5. The van der Waals surface area contributed by atoms with Gasteiger partial charge < -0.3 is 39.7 Å². The molecular weight excluding hydrogens is 468 g/mol. The lowest BCUT2D eigenvalue weighted by molar-refractivity contribution is -0.183. The Hall–Kier alpha value is -5.00. The molecule has 0 fully saturated rings. The van der Waals surface area contributed by atoms with E-state index >= 15 is 0 Å². The molecule has 0 aliphatic heterocycles. The third-order valence-corrected chi connectivity index (χ3v) is 4.27. The maximum atomic E-state index is 12.1. The van der Waals surface area contributed by atoms with Crippen LogP contribution in [0, 0.1) is 0 Å². The summed E-state index contributed by atoms with van der Waals surface area (Å²) < 4.78 is 14.3. The van der Waals surface area contributed by atoms with Crippen molar-refractivity contribution in [3.8, 4) is 23.0 Å². The standard InChI is InChI=1S/C23H20O12/c1-33-17-11-13(3-7-15(17)25)5-9-19(28)35-21(23(31)32)20(22(29)30)34-18(27)8-4-12-2-6-14(24)16(26)10-12/h2-11,20-21,24-26H,1H3,(H,29,30)(H,31,32)/b8-4-,9-5-/t20-,21+/m0/s1. The fourth-order valence-corrected chi connectivity index (χ4v) is 2.58. The maximum absolute atomic E-state index is 12.1. The van der Waals surface area contributed by atoms with Crippen LogP contribution >= 0.6 is 0 Å². The number of aliphatic carboxylic acids is 2. The van der Waals surface area contributed by atoms with E-state index < -0.39 is 47.6 Å². The van der Waals surface area contributed by atoms with Gasteiger partial charge in [-0.05, 0) is 47.5 Å². The summed E-state index contributed by atoms with van der Waals surface area (Å²) in [6.45, 7) is 0. The van der Waals surface area contributed by atoms with E-state index in [0.29, 0.717) is 5.56 Å². The second-order valence-electron chi connectivity index (χ2n) is 6.74. The zero-order chi connectivity index (χ0) is 26.1. The summed E-state index contributed by atoms with van der Waals surface area (Å²) in [5.74, 6) is -7.22. The number of carboxylic acid groups (broad SMARTS) is 2. The van der Waals surface area contributed by atoms with Crippen molar-refractivity contribution in [1.82, 2.24) is 0 Å². The van der Waals surface area contributed by atoms with Crippen LogP contribution < -0.4 is 4.74 Å². The van der Waals surface area contributed by atoms with E-state index in [9.17, 15) is 44.7 Å². The van der Waals surface area contributed by atoms with Crippen LogP contribution in [0.2, 0.25) is 0 Å². The number of benzene rings is 2. The Bertz CT molecular complexity index is 1180. The van der Waals surface area contributed by atoms with Crippen LogP contribution in [0.3, 0.4) is 0 Å². The molecule has 12 nitrogen and oxygen atoms in total. The minimum absolute atomic E-state index is 0.109. The highest BCUT2D eigenvalue weighted by molar-refractivity contribution is 5.93. The van der Waals surface area contributed by atoms with Gasteiger partial charge >= 0.3 is 23.9 Å². The number of phenols is 3. The van der Waals surface area contributed by atoms with Crippen molar-refractivity contribution in [1.29, 1.82) is 0 Å². The molecule has 0 saturated carbocycles. The van der Waals surface area contributed by atoms with Crippen LogP contribution in [0.15, 0.2) is 48.6 Å². The van der Waals surface area contributed by atoms with E-state index in [1.165, 1.54) is 37.5 Å². The zero-order valence-electron chi connectivity index (χ0n) is 18.0. The fourth-order valence-electron chi connectivity index (χ4n) is 2.58. The molecule has 5 N–H and O–H groups in total. The van der Waals surface area contributed by atoms with Crippen LogP contribution in [-0.4, -0.2) is 68.7 Å². The predicted molar refractivity (Wildman–Crippen MR) is 118 cm³/mol. The van der Waals surface area contributed by atoms with Crippen molar-refractivity contribution in [3.63, 3.8) is 0 Å². The minimum atomic E-state index is -2.39. The number of rotatable bonds is 10. The summed E-state index contributed by atoms with van der Waals surface area (Å²) in [6.07, 6.45) is -0.907. The Balaban J connectivity index is 2.12. The lowest BCUT2D eigenvalue weighted by atomic mass is 10.2. The molecule has 12 heteroatoms. The first-order valence-electron chi connectivity index (χ1n) is 9.63. The summed E-state index contributed by atoms with van der Waals surface area (Å²) in [7, 11) is 1.31. The van der Waals surface area contributed by atoms with Gasteiger partial charge in [0, 0.05) is 12.2 Å². The van der Waals surface area contributed by atoms with E-state index in [0.717, 1.165) is 30.4 Å². The number of phenolic OH excluding ortho intramolecular Hbond substituents is 3. The van der Waals surface area contributed by atoms with Crippen molar-refractivity contribution >= 4 is 36.0 Å². The molecule has 35 heavy (non-hydrogen) atoms. The van der Waals surface area contributed by atoms with Crippen molar-refractivity contribution < 1.29 is 58.9 Å². The monoisotopic (exact) mass is 488 g/mol. The molecule has 0 aliphatic carbocycles. The lowest BCUT2D eigenvalue weighted by Crippen LogP contribution is -2.45. The van der Waals surface area contributed by atoms with E-state index in [-0.39, 0.29) is 17.1 Å². The molecule has 0 heterocycles. The molecule has 0 amide bonds. The van der Waals surface area contributed by atoms with Crippen molar-refractivity contribution in [2.75, 3.05) is 7.11 Å². The van der Waals surface area contributed by atoms with E-state index in [2.05, 4.69) is 9.47 Å². The number of hydrogen-bond donors (Lipinski definition) is 5. The first-order valence-corrected chi connectivity index (χ1v) is 9.63. The number of carbonyl (C=O) groups excluding carboxylic acids is 2. The molecule has 0 spiro atoms. The van der Waals surface area contributed by atoms with Gasteiger partial charge in [-0.15, -0.1) is 0 Å². The Morgan fingerprint density at radius 1 is 0.714 bits per heavy atom. The van der Waals surface area contributed by atoms with E-state index in [1.807, 2.05) is 0 Å². The molecule has 0 bridgehead atoms. The molecule has 2 aromatic carbocycles. The van der Waals surface area contributed by atoms with Gasteiger partial charge in [-0.2, -0.15) is 0 Å². The number of carbonyl (C=O) groups is 4. The van der Waals surface area contributed by atoms with Gasteiger partial charge in [-0.1, -0.05) is 12.1 Å². The average molecular weight is 488 g/mol. The topological polar surface area (TPSA) is 197 Å². The van der Waals surface area contributed by atoms with Crippen LogP contribution in [0.1, 0.15) is 11.1 Å². The molecule has 2 atom stereocenters. The van der Waals surface area contributed by atoms with Crippen LogP contribution in [-0.2, 0) is 28.7 Å². The number of aromatic hydroxyl groups is 3. The zero-order valence-corrected chi connectivity index (χ0v) is 18.0. The highest BCUT2D eigenvalue weighted by atomic mass is 16.6. The minimum Gasteiger partial charge on any atom is -0.504 e. The second-order valence-corrected chi connectivity index (χ2v) is 6.74. The fraction of sp³-hybridized carbons (Fsp3) is 0.130. The SMILES string of the molecule is COc1cc(/C=C\C(=O)O[C@@H](C(=O)O)[C@H](OC(=O)/C=C\c2ccc(O)c(O)c2)C(=O)O)ccc1O. The Labute approximate surface area is 197 Å². The van der Waals surface area contributed by atoms with Gasteiger partial charge in [0.05, 0.1) is 7.11 Å². The van der Waals surface area contributed by atoms with Gasteiger partial charge in [-0.3, -0.25) is 0 Å². The van der Waals surface area contributed by atoms with Gasteiger partial charge in [0.1, 0.15) is 0 Å². The molecule has 0 radical (unpaired) electrons. The highest BCUT2D eigenvalue weighted by Crippen LogP contribution is 2.27. The largest absolute Gasteiger partial charge is 0.504 e. The Morgan fingerprint density at radius 3 is 1.60 bits per heavy atom. The van der Waals surface area contributed by atoms with Gasteiger partial charge in [-0.25, -0.2) is 19.2 Å². The normalized spacial score (nSPS) is 12.7. The molecule has 184 valence electrons. The Kier molecular flexibility index (Phi) is 8.81. The molecule has 0 unspecified atom stereocenters. The summed E-state index contributed by atoms with van der Waals surface area (Å²) in [5.41, 5.74) is 0.608. The number of methoxy groups -OCH3 is 1. The van der Waals surface area contributed by atoms with E-state index in [1.54, 1.807) is 0 Å². The number of hydrogen-bond acceptors (Lipinski definition) is 10. The van der Waals surface area contributed by atoms with Gasteiger partial charge in [0.2, 0.25) is 12.2 Å². The summed E-state index contributed by atoms with van der Waals surface area (Å²) >= 11 is 0. The lowest BCUT2D eigenvalue weighted by Gasteiger charge is -2.19. The third-order valence-electron chi connectivity index (χ3n) is 4.27. The number of ether oxygens (including phenoxy) is 3. The number of carboxylic acids is 2. The Morgan fingerprint density at radius 2 is 1.17 bits per heavy atom. The molecule has 0 aliphatic rings. The van der Waals surface area contributed by atoms with Crippen LogP contribution in [0.5, 0.6) is 23.0 Å². The molecule has 0 saturated heterocycles. The molecule has 2 aromatic rings. The molecule has 0 aromatic heterocycles. The second kappa shape index (κ2) is 11.7. The highest BCUT2D eigenvalue weighted by Gasteiger charge is 2.40. The summed E-state index contributed by atoms with van der Waals surface area (Å²) in [6, 6.07) is 7.64. The molecular formula is C23H20O12. The smallest absolute Gasteiger partial charge is 0.349 e. The van der Waals surface area contributed by atoms with Crippen molar-refractivity contribution in [2.24, 2.45) is 0 Å². The quantitative estimate of drug-likeness (QED) is 0.184. The van der Waals surface area contributed by atoms with Crippen molar-refractivity contribution in [2.45, 2.75) is 12.2 Å². The maximum Gasteiger partial charge on any atom is 0.349 e. The summed E-state index contributed by atoms with van der Waals surface area (Å²) in [4.78, 5) is 47.2. The summed E-state index contributed by atoms with van der Waals surface area (Å²) in [5, 5.41) is 47.0. The first kappa shape index (κ1) is 26.3. The van der Waals surface area contributed by atoms with Gasteiger partial charge in [0.15, 0.2) is 23.0 Å². The average Bonchev–Trinajstić information content (AvgIpc) is 2.81. The third kappa shape index (κ3) is 7.53. The molecule has 2 rings (SSSR count). The van der Waals surface area contributed by atoms with Crippen LogP contribution in [0.4, 0.5) is 0 Å². The van der Waals surface area contributed by atoms with Gasteiger partial charge in [0.25, 0.3) is 0 Å².